The van der Waals surface area contributed by atoms with Crippen LogP contribution in [0.2, 0.25) is 0 Å². The van der Waals surface area contributed by atoms with Crippen molar-refractivity contribution >= 4 is 12.1 Å². The van der Waals surface area contributed by atoms with Crippen molar-refractivity contribution in [3.05, 3.63) is 29.2 Å². The summed E-state index contributed by atoms with van der Waals surface area (Å²) >= 11 is 0. The molecule has 6 nitrogen and oxygen atoms in total. The van der Waals surface area contributed by atoms with E-state index in [0.29, 0.717) is 12.5 Å². The Morgan fingerprint density at radius 3 is 2.81 bits per heavy atom. The number of rotatable bonds is 4. The molecule has 1 aromatic heterocycles. The summed E-state index contributed by atoms with van der Waals surface area (Å²) in [7, 11) is 0. The first kappa shape index (κ1) is 17.5. The molecule has 2 atom stereocenters. The Morgan fingerprint density at radius 2 is 2.08 bits per heavy atom. The number of hydrogen-bond acceptors (Lipinski definition) is 5. The second-order valence-corrected chi connectivity index (χ2v) is 8.54. The van der Waals surface area contributed by atoms with Gasteiger partial charge in [0.25, 0.3) is 0 Å². The maximum atomic E-state index is 9.98. The van der Waals surface area contributed by atoms with E-state index in [1.54, 1.807) is 13.8 Å². The maximum Gasteiger partial charge on any atom is 0.164 e. The molecule has 2 aliphatic heterocycles. The molecule has 0 amide bonds. The van der Waals surface area contributed by atoms with Gasteiger partial charge in [0.15, 0.2) is 6.17 Å². The maximum absolute atomic E-state index is 9.98. The summed E-state index contributed by atoms with van der Waals surface area (Å²) in [6.45, 7) is 6.23. The number of hydrogen-bond donors (Lipinski definition) is 2. The molecular weight excluding hydrogens is 326 g/mol. The summed E-state index contributed by atoms with van der Waals surface area (Å²) in [4.78, 5) is 9.68. The minimum Gasteiger partial charge on any atom is -0.389 e. The minimum atomic E-state index is -0.771. The second-order valence-electron chi connectivity index (χ2n) is 8.54. The van der Waals surface area contributed by atoms with Crippen LogP contribution in [0.3, 0.4) is 0 Å². The molecule has 0 spiro atoms. The SMILES string of the molecule is CC1=C2CC(c3cnn(CC(C)(C)O)c3)C=NC2N=C(C2CCCC2)N1. The summed E-state index contributed by atoms with van der Waals surface area (Å²) in [6.07, 6.45) is 11.9. The van der Waals surface area contributed by atoms with Crippen molar-refractivity contribution in [2.75, 3.05) is 0 Å². The Morgan fingerprint density at radius 1 is 1.31 bits per heavy atom. The highest BCUT2D eigenvalue weighted by molar-refractivity contribution is 5.88. The van der Waals surface area contributed by atoms with Crippen LogP contribution >= 0.6 is 0 Å². The zero-order valence-electron chi connectivity index (χ0n) is 15.9. The molecule has 1 aliphatic carbocycles. The van der Waals surface area contributed by atoms with Crippen LogP contribution in [0.4, 0.5) is 0 Å². The summed E-state index contributed by atoms with van der Waals surface area (Å²) in [5.41, 5.74) is 2.88. The Bertz CT molecular complexity index is 761. The van der Waals surface area contributed by atoms with E-state index in [0.717, 1.165) is 17.8 Å². The summed E-state index contributed by atoms with van der Waals surface area (Å²) in [5, 5.41) is 17.9. The first-order chi connectivity index (χ1) is 12.4. The molecule has 2 N–H and O–H groups in total. The van der Waals surface area contributed by atoms with Crippen LogP contribution < -0.4 is 5.32 Å². The van der Waals surface area contributed by atoms with Crippen molar-refractivity contribution < 1.29 is 5.11 Å². The molecule has 1 fully saturated rings. The van der Waals surface area contributed by atoms with Gasteiger partial charge in [-0.25, -0.2) is 4.99 Å². The van der Waals surface area contributed by atoms with Gasteiger partial charge in [-0.05, 0) is 51.2 Å². The molecule has 4 rings (SSSR count). The van der Waals surface area contributed by atoms with Gasteiger partial charge in [-0.1, -0.05) is 12.8 Å². The highest BCUT2D eigenvalue weighted by atomic mass is 16.3. The van der Waals surface area contributed by atoms with Crippen LogP contribution in [-0.2, 0) is 6.54 Å². The number of allylic oxidation sites excluding steroid dienone is 1. The van der Waals surface area contributed by atoms with E-state index in [2.05, 4.69) is 17.3 Å². The van der Waals surface area contributed by atoms with Gasteiger partial charge in [-0.3, -0.25) is 9.67 Å². The molecule has 1 aromatic rings. The molecule has 0 saturated heterocycles. The molecule has 3 aliphatic rings. The van der Waals surface area contributed by atoms with Gasteiger partial charge in [0.1, 0.15) is 5.84 Å². The molecule has 140 valence electrons. The predicted molar refractivity (Wildman–Crippen MR) is 103 cm³/mol. The van der Waals surface area contributed by atoms with Gasteiger partial charge in [0.05, 0.1) is 18.3 Å². The zero-order valence-corrected chi connectivity index (χ0v) is 15.9. The van der Waals surface area contributed by atoms with Gasteiger partial charge in [0.2, 0.25) is 0 Å². The monoisotopic (exact) mass is 355 g/mol. The van der Waals surface area contributed by atoms with Crippen molar-refractivity contribution in [3.8, 4) is 0 Å². The lowest BCUT2D eigenvalue weighted by Gasteiger charge is -2.31. The third-order valence-corrected chi connectivity index (χ3v) is 5.59. The molecule has 26 heavy (non-hydrogen) atoms. The zero-order chi connectivity index (χ0) is 18.3. The minimum absolute atomic E-state index is 0.0467. The van der Waals surface area contributed by atoms with Gasteiger partial charge >= 0.3 is 0 Å². The molecule has 6 heteroatoms. The first-order valence-corrected chi connectivity index (χ1v) is 9.71. The van der Waals surface area contributed by atoms with E-state index in [4.69, 9.17) is 9.98 Å². The number of aliphatic hydroxyl groups is 1. The average molecular weight is 355 g/mol. The lowest BCUT2D eigenvalue weighted by molar-refractivity contribution is 0.0577. The van der Waals surface area contributed by atoms with Gasteiger partial charge in [-0.2, -0.15) is 5.10 Å². The number of amidine groups is 1. The molecule has 0 aromatic carbocycles. The second kappa shape index (κ2) is 6.65. The molecule has 1 saturated carbocycles. The van der Waals surface area contributed by atoms with Crippen molar-refractivity contribution in [2.45, 2.75) is 77.1 Å². The van der Waals surface area contributed by atoms with Crippen LogP contribution in [0, 0.1) is 5.92 Å². The fourth-order valence-electron chi connectivity index (χ4n) is 4.23. The number of nitrogens with zero attached hydrogens (tertiary/aromatic N) is 4. The van der Waals surface area contributed by atoms with Gasteiger partial charge < -0.3 is 10.4 Å². The fourth-order valence-corrected chi connectivity index (χ4v) is 4.23. The normalized spacial score (nSPS) is 26.7. The number of fused-ring (bicyclic) bond motifs is 1. The summed E-state index contributed by atoms with van der Waals surface area (Å²) in [5.74, 6) is 1.94. The standard InChI is InChI=1S/C20H29N5O/c1-13-17-8-15(16-10-22-25(11-16)12-20(2,3)26)9-21-19(17)24-18(23-13)14-6-4-5-7-14/h9-11,14-15,19,26H,4-8,12H2,1-3H3,(H,23,24). The quantitative estimate of drug-likeness (QED) is 0.872. The largest absolute Gasteiger partial charge is 0.389 e. The van der Waals surface area contributed by atoms with E-state index < -0.39 is 5.60 Å². The smallest absolute Gasteiger partial charge is 0.164 e. The highest BCUT2D eigenvalue weighted by Gasteiger charge is 2.31. The molecule has 0 radical (unpaired) electrons. The van der Waals surface area contributed by atoms with Crippen LogP contribution in [0.25, 0.3) is 0 Å². The Kier molecular flexibility index (Phi) is 4.47. The van der Waals surface area contributed by atoms with Crippen LogP contribution in [0.15, 0.2) is 33.6 Å². The van der Waals surface area contributed by atoms with Crippen LogP contribution in [0.5, 0.6) is 0 Å². The number of aliphatic imine (C=N–C) groups is 2. The van der Waals surface area contributed by atoms with Crippen molar-refractivity contribution in [1.29, 1.82) is 0 Å². The van der Waals surface area contributed by atoms with Crippen molar-refractivity contribution in [3.63, 3.8) is 0 Å². The summed E-state index contributed by atoms with van der Waals surface area (Å²) < 4.78 is 1.81. The number of aromatic nitrogens is 2. The average Bonchev–Trinajstić information content (AvgIpc) is 3.24. The van der Waals surface area contributed by atoms with E-state index in [9.17, 15) is 5.11 Å². The van der Waals surface area contributed by atoms with Crippen molar-refractivity contribution in [2.24, 2.45) is 15.9 Å². The Hall–Kier alpha value is -1.95. The van der Waals surface area contributed by atoms with Gasteiger partial charge in [-0.15, -0.1) is 0 Å². The van der Waals surface area contributed by atoms with E-state index in [1.165, 1.54) is 37.0 Å². The number of nitrogens with one attached hydrogen (secondary N) is 1. The third-order valence-electron chi connectivity index (χ3n) is 5.59. The third kappa shape index (κ3) is 3.61. The highest BCUT2D eigenvalue weighted by Crippen LogP contribution is 2.35. The molecule has 3 heterocycles. The fraction of sp³-hybridized carbons (Fsp3) is 0.650. The van der Waals surface area contributed by atoms with Crippen molar-refractivity contribution in [1.82, 2.24) is 15.1 Å². The lowest BCUT2D eigenvalue weighted by atomic mass is 9.89. The summed E-state index contributed by atoms with van der Waals surface area (Å²) in [6, 6.07) is 0. The van der Waals surface area contributed by atoms with E-state index in [-0.39, 0.29) is 12.1 Å². The van der Waals surface area contributed by atoms with E-state index in [1.807, 2.05) is 23.3 Å². The molecule has 0 bridgehead atoms. The van der Waals surface area contributed by atoms with Crippen LogP contribution in [-0.4, -0.2) is 38.7 Å². The van der Waals surface area contributed by atoms with Crippen LogP contribution in [0.1, 0.15) is 64.4 Å². The Balaban J connectivity index is 1.51. The topological polar surface area (TPSA) is 74.8 Å². The Labute approximate surface area is 155 Å². The van der Waals surface area contributed by atoms with E-state index >= 15 is 0 Å². The lowest BCUT2D eigenvalue weighted by Crippen LogP contribution is -2.37. The predicted octanol–water partition coefficient (Wildman–Crippen LogP) is 3.00. The first-order valence-electron chi connectivity index (χ1n) is 9.71. The van der Waals surface area contributed by atoms with Gasteiger partial charge in [0, 0.05) is 29.9 Å². The molecule has 2 unspecified atom stereocenters. The molecular formula is C20H29N5O.